The molecule has 0 aromatic heterocycles. The van der Waals surface area contributed by atoms with Crippen LogP contribution >= 0.6 is 0 Å². The number of rotatable bonds is 53. The molecule has 0 amide bonds. The highest BCUT2D eigenvalue weighted by Crippen LogP contribution is 2.50. The number of anilines is 1. The lowest BCUT2D eigenvalue weighted by Crippen LogP contribution is -2.34. The quantitative estimate of drug-likeness (QED) is 0.0670. The van der Waals surface area contributed by atoms with Crippen LogP contribution < -0.4 is 10.0 Å². The van der Waals surface area contributed by atoms with Gasteiger partial charge >= 0.3 is 0 Å². The molecule has 2 aromatic rings. The summed E-state index contributed by atoms with van der Waals surface area (Å²) in [5.74, 6) is -1.14. The van der Waals surface area contributed by atoms with Gasteiger partial charge in [-0.15, -0.1) is 0 Å². The second-order valence-electron chi connectivity index (χ2n) is 18.9. The Labute approximate surface area is 470 Å². The average molecular weight is 1120 g/mol. The zero-order valence-electron chi connectivity index (χ0n) is 48.1. The van der Waals surface area contributed by atoms with Crippen molar-refractivity contribution in [1.82, 2.24) is 0 Å². The number of hydrogen-bond donors (Lipinski definition) is 0. The summed E-state index contributed by atoms with van der Waals surface area (Å²) in [6.07, 6.45) is 8.07. The third-order valence-electron chi connectivity index (χ3n) is 13.3. The second-order valence-corrected chi connectivity index (χ2v) is 18.9. The highest BCUT2D eigenvalue weighted by Gasteiger charge is 2.47. The van der Waals surface area contributed by atoms with Crippen molar-refractivity contribution in [3.8, 4) is 0 Å². The van der Waals surface area contributed by atoms with Crippen LogP contribution in [0.2, 0.25) is 0 Å². The van der Waals surface area contributed by atoms with Gasteiger partial charge in [0, 0.05) is 88.0 Å². The summed E-state index contributed by atoms with van der Waals surface area (Å²) in [6.45, 7) is 19.4. The molecule has 79 heavy (non-hydrogen) atoms. The van der Waals surface area contributed by atoms with E-state index in [0.717, 1.165) is 35.6 Å². The summed E-state index contributed by atoms with van der Waals surface area (Å²) in [4.78, 5) is 12.9. The van der Waals surface area contributed by atoms with Crippen LogP contribution in [0.1, 0.15) is 44.2 Å². The van der Waals surface area contributed by atoms with Gasteiger partial charge in [-0.2, -0.15) is 4.58 Å². The number of para-hydroxylation sites is 2. The van der Waals surface area contributed by atoms with Crippen molar-refractivity contribution in [1.29, 1.82) is 0 Å². The Kier molecular flexibility index (Phi) is 36.8. The number of benzene rings is 2. The van der Waals surface area contributed by atoms with E-state index in [9.17, 15) is 9.90 Å². The normalized spacial score (nSPS) is 17.5. The van der Waals surface area contributed by atoms with Gasteiger partial charge in [0.2, 0.25) is 5.69 Å². The summed E-state index contributed by atoms with van der Waals surface area (Å²) in [5, 5.41) is 10.6. The highest BCUT2D eigenvalue weighted by molar-refractivity contribution is 6.03. The zero-order valence-corrected chi connectivity index (χ0v) is 48.1. The Morgan fingerprint density at radius 1 is 0.468 bits per heavy atom. The molecule has 2 aliphatic heterocycles. The Hall–Kier alpha value is -3.78. The molecule has 2 aliphatic rings. The molecule has 0 radical (unpaired) electrons. The van der Waals surface area contributed by atoms with E-state index in [4.69, 9.17) is 75.8 Å². The molecular formula is C59H94N2O18. The topological polar surface area (TPSA) is 194 Å². The number of ether oxygens (including phenoxy) is 16. The molecule has 0 fully saturated rings. The van der Waals surface area contributed by atoms with Gasteiger partial charge in [0.05, 0.1) is 177 Å². The van der Waals surface area contributed by atoms with Crippen LogP contribution in [-0.2, 0) is 91.4 Å². The first-order valence-electron chi connectivity index (χ1n) is 28.0. The summed E-state index contributed by atoms with van der Waals surface area (Å²) >= 11 is 0. The number of allylic oxidation sites excluding steroid dienone is 4. The molecule has 0 spiro atoms. The van der Waals surface area contributed by atoms with E-state index in [-0.39, 0.29) is 18.4 Å². The molecule has 0 N–H and O–H groups in total. The fourth-order valence-corrected chi connectivity index (χ4v) is 9.10. The van der Waals surface area contributed by atoms with E-state index in [1.165, 1.54) is 11.1 Å². The third kappa shape index (κ3) is 25.9. The van der Waals surface area contributed by atoms with Crippen molar-refractivity contribution in [2.75, 3.05) is 231 Å². The molecule has 0 bridgehead atoms. The molecule has 448 valence electrons. The van der Waals surface area contributed by atoms with Crippen molar-refractivity contribution < 1.29 is 90.3 Å². The predicted molar refractivity (Wildman–Crippen MR) is 297 cm³/mol. The molecule has 2 heterocycles. The Balaban J connectivity index is 1.51. The van der Waals surface area contributed by atoms with Gasteiger partial charge < -0.3 is 90.6 Å². The largest absolute Gasteiger partial charge is 0.550 e. The number of carboxylic acids is 1. The molecule has 20 heteroatoms. The van der Waals surface area contributed by atoms with Crippen LogP contribution in [0.15, 0.2) is 72.5 Å². The lowest BCUT2D eigenvalue weighted by molar-refractivity contribution is -0.442. The molecule has 2 aromatic carbocycles. The number of carbonyl (C=O) groups excluding carboxylic acids is 1. The Morgan fingerprint density at radius 2 is 0.848 bits per heavy atom. The lowest BCUT2D eigenvalue weighted by atomic mass is 9.76. The number of aliphatic carboxylic acids is 1. The molecular weight excluding hydrogens is 1020 g/mol. The summed E-state index contributed by atoms with van der Waals surface area (Å²) < 4.78 is 92.9. The lowest BCUT2D eigenvalue weighted by Gasteiger charge is -2.30. The number of hydrogen-bond acceptors (Lipinski definition) is 19. The van der Waals surface area contributed by atoms with Crippen molar-refractivity contribution in [2.24, 2.45) is 0 Å². The van der Waals surface area contributed by atoms with E-state index in [1.807, 2.05) is 0 Å². The Bertz CT molecular complexity index is 1990. The summed E-state index contributed by atoms with van der Waals surface area (Å²) in [5.41, 5.74) is 6.24. The van der Waals surface area contributed by atoms with Gasteiger partial charge in [0.15, 0.2) is 12.3 Å². The van der Waals surface area contributed by atoms with Crippen LogP contribution in [-0.4, -0.2) is 242 Å². The zero-order chi connectivity index (χ0) is 56.3. The Morgan fingerprint density at radius 3 is 1.32 bits per heavy atom. The van der Waals surface area contributed by atoms with Gasteiger partial charge in [-0.05, 0) is 44.4 Å². The molecule has 2 unspecified atom stereocenters. The maximum absolute atomic E-state index is 10.6. The minimum Gasteiger partial charge on any atom is -0.550 e. The standard InChI is InChI=1S/C59H94N2O18/c1-58(18-23-68-34-39-76-46-43-72-30-27-64-3)51-11-6-8-13-53(51)60(20-25-70-36-41-78-48-45-74-32-29-66-5)55(58)15-10-16-56-59(2,19-24-69-35-40-77-47-44-73-31-28-65-4)52-12-7-9-14-54(52)61(56)21-26-71-37-42-79-50-49-75-38-33-67-22-17-57(62)63/h6-16H,17-50H2,1-5H3. The minimum absolute atomic E-state index is 0.103. The van der Waals surface area contributed by atoms with Crippen molar-refractivity contribution in [3.63, 3.8) is 0 Å². The molecule has 0 aliphatic carbocycles. The third-order valence-corrected chi connectivity index (χ3v) is 13.3. The molecule has 2 atom stereocenters. The number of carboxylic acid groups (broad SMARTS) is 1. The monoisotopic (exact) mass is 1120 g/mol. The molecule has 0 saturated carbocycles. The molecule has 4 rings (SSSR count). The molecule has 0 saturated heterocycles. The summed E-state index contributed by atoms with van der Waals surface area (Å²) in [6, 6.07) is 17.2. The predicted octanol–water partition coefficient (Wildman–Crippen LogP) is 4.34. The van der Waals surface area contributed by atoms with Crippen LogP contribution in [0.25, 0.3) is 0 Å². The maximum atomic E-state index is 10.6. The number of methoxy groups -OCH3 is 3. The van der Waals surface area contributed by atoms with E-state index in [1.54, 1.807) is 21.3 Å². The van der Waals surface area contributed by atoms with Crippen LogP contribution in [0.3, 0.4) is 0 Å². The van der Waals surface area contributed by atoms with E-state index in [2.05, 4.69) is 90.1 Å². The van der Waals surface area contributed by atoms with Gasteiger partial charge in [-0.25, -0.2) is 0 Å². The first kappa shape index (κ1) is 67.7. The van der Waals surface area contributed by atoms with Crippen molar-refractivity contribution in [3.05, 3.63) is 83.6 Å². The van der Waals surface area contributed by atoms with Crippen molar-refractivity contribution in [2.45, 2.75) is 43.9 Å². The summed E-state index contributed by atoms with van der Waals surface area (Å²) in [7, 11) is 4.97. The number of fused-ring (bicyclic) bond motifs is 2. The van der Waals surface area contributed by atoms with Crippen LogP contribution in [0, 0.1) is 0 Å². The second kappa shape index (κ2) is 43.0. The maximum Gasteiger partial charge on any atom is 0.209 e. The fourth-order valence-electron chi connectivity index (χ4n) is 9.10. The fraction of sp³-hybridized carbons (Fsp3) is 0.695. The highest BCUT2D eigenvalue weighted by atomic mass is 16.6. The van der Waals surface area contributed by atoms with E-state index < -0.39 is 11.4 Å². The van der Waals surface area contributed by atoms with Crippen LogP contribution in [0.5, 0.6) is 0 Å². The SMILES string of the molecule is COCCOCCOCCOCC[N+]1=C(/C=C/C=C2/N(CCOCCOCCOCCOCCC(=O)[O-])c3ccccc3C2(C)CCOCCOCCOCCOC)C(C)(CCOCCOCCOCCOC)c2ccccc21. The van der Waals surface area contributed by atoms with Gasteiger partial charge in [0.1, 0.15) is 6.61 Å². The van der Waals surface area contributed by atoms with E-state index >= 15 is 0 Å². The smallest absolute Gasteiger partial charge is 0.209 e. The molecule has 20 nitrogen and oxygen atoms in total. The van der Waals surface area contributed by atoms with Gasteiger partial charge in [-0.1, -0.05) is 42.5 Å². The van der Waals surface area contributed by atoms with Gasteiger partial charge in [-0.3, -0.25) is 0 Å². The van der Waals surface area contributed by atoms with Crippen LogP contribution in [0.4, 0.5) is 11.4 Å². The minimum atomic E-state index is -1.14. The van der Waals surface area contributed by atoms with Crippen molar-refractivity contribution >= 4 is 23.1 Å². The van der Waals surface area contributed by atoms with E-state index in [0.29, 0.717) is 198 Å². The van der Waals surface area contributed by atoms with Gasteiger partial charge in [0.25, 0.3) is 0 Å². The first-order chi connectivity index (χ1) is 38.8. The number of nitrogens with zero attached hydrogens (tertiary/aromatic N) is 2. The first-order valence-corrected chi connectivity index (χ1v) is 28.0. The number of carbonyl (C=O) groups is 1. The average Bonchev–Trinajstić information content (AvgIpc) is 4.06.